The van der Waals surface area contributed by atoms with Gasteiger partial charge in [0.1, 0.15) is 5.82 Å². The first-order valence-corrected chi connectivity index (χ1v) is 9.74. The van der Waals surface area contributed by atoms with Crippen molar-refractivity contribution in [3.63, 3.8) is 0 Å². The Hall–Kier alpha value is -2.61. The maximum absolute atomic E-state index is 13.4. The molecule has 152 valence electrons. The fraction of sp³-hybridized carbons (Fsp3) is 0.238. The molecule has 2 aromatic carbocycles. The van der Waals surface area contributed by atoms with Gasteiger partial charge in [0.15, 0.2) is 5.16 Å². The number of hydrogen-bond acceptors (Lipinski definition) is 3. The van der Waals surface area contributed by atoms with Crippen molar-refractivity contribution in [2.75, 3.05) is 0 Å². The molecule has 29 heavy (non-hydrogen) atoms. The number of halogens is 4. The molecule has 0 saturated heterocycles. The average Bonchev–Trinajstić information content (AvgIpc) is 2.66. The van der Waals surface area contributed by atoms with E-state index in [1.54, 1.807) is 25.1 Å². The first kappa shape index (κ1) is 21.1. The molecule has 3 nitrogen and oxygen atoms in total. The van der Waals surface area contributed by atoms with Crippen molar-refractivity contribution in [3.8, 4) is 0 Å². The van der Waals surface area contributed by atoms with Gasteiger partial charge in [-0.25, -0.2) is 9.37 Å². The van der Waals surface area contributed by atoms with Gasteiger partial charge in [-0.05, 0) is 36.2 Å². The molecule has 0 spiro atoms. The van der Waals surface area contributed by atoms with Crippen molar-refractivity contribution in [1.82, 2.24) is 9.55 Å². The Morgan fingerprint density at radius 2 is 1.83 bits per heavy atom. The smallest absolute Gasteiger partial charge is 0.291 e. The minimum absolute atomic E-state index is 0.0264. The molecule has 0 amide bonds. The first-order chi connectivity index (χ1) is 13.7. The van der Waals surface area contributed by atoms with Gasteiger partial charge < -0.3 is 0 Å². The maximum Gasteiger partial charge on any atom is 0.416 e. The van der Waals surface area contributed by atoms with Crippen molar-refractivity contribution in [2.24, 2.45) is 7.05 Å². The van der Waals surface area contributed by atoms with E-state index in [0.717, 1.165) is 17.8 Å². The molecule has 0 radical (unpaired) electrons. The van der Waals surface area contributed by atoms with Gasteiger partial charge in [-0.15, -0.1) is 0 Å². The van der Waals surface area contributed by atoms with Crippen LogP contribution in [0.5, 0.6) is 0 Å². The lowest BCUT2D eigenvalue weighted by molar-refractivity contribution is -0.138. The molecule has 8 heteroatoms. The van der Waals surface area contributed by atoms with Crippen molar-refractivity contribution < 1.29 is 17.6 Å². The van der Waals surface area contributed by atoms with Gasteiger partial charge in [-0.1, -0.05) is 42.1 Å². The highest BCUT2D eigenvalue weighted by Crippen LogP contribution is 2.34. The Morgan fingerprint density at radius 1 is 1.10 bits per heavy atom. The van der Waals surface area contributed by atoms with Gasteiger partial charge in [0.2, 0.25) is 0 Å². The topological polar surface area (TPSA) is 34.9 Å². The summed E-state index contributed by atoms with van der Waals surface area (Å²) in [6.07, 6.45) is -4.22. The molecule has 3 aromatic rings. The van der Waals surface area contributed by atoms with Crippen molar-refractivity contribution in [1.29, 1.82) is 0 Å². The summed E-state index contributed by atoms with van der Waals surface area (Å²) < 4.78 is 54.2. The quantitative estimate of drug-likeness (QED) is 0.325. The van der Waals surface area contributed by atoms with Gasteiger partial charge in [-0.3, -0.25) is 9.36 Å². The molecule has 0 aliphatic carbocycles. The predicted octanol–water partition coefficient (Wildman–Crippen LogP) is 5.13. The molecule has 0 bridgehead atoms. The number of alkyl halides is 3. The normalized spacial score (nSPS) is 11.7. The molecule has 0 unspecified atom stereocenters. The number of thioether (sulfide) groups is 1. The van der Waals surface area contributed by atoms with Crippen LogP contribution in [-0.2, 0) is 25.4 Å². The highest BCUT2D eigenvalue weighted by molar-refractivity contribution is 7.98. The van der Waals surface area contributed by atoms with Crippen LogP contribution < -0.4 is 5.56 Å². The number of nitrogens with zero attached hydrogens (tertiary/aromatic N) is 2. The van der Waals surface area contributed by atoms with E-state index >= 15 is 0 Å². The van der Waals surface area contributed by atoms with E-state index in [1.165, 1.54) is 35.9 Å². The second-order valence-electron chi connectivity index (χ2n) is 6.57. The number of benzene rings is 2. The Balaban J connectivity index is 1.87. The maximum atomic E-state index is 13.4. The van der Waals surface area contributed by atoms with Crippen LogP contribution in [0.15, 0.2) is 58.5 Å². The minimum Gasteiger partial charge on any atom is -0.291 e. The summed E-state index contributed by atoms with van der Waals surface area (Å²) in [5.41, 5.74) is 0.680. The van der Waals surface area contributed by atoms with Crippen LogP contribution in [-0.4, -0.2) is 9.55 Å². The minimum atomic E-state index is -4.44. The van der Waals surface area contributed by atoms with Gasteiger partial charge in [0.05, 0.1) is 5.56 Å². The van der Waals surface area contributed by atoms with Crippen molar-refractivity contribution >= 4 is 11.8 Å². The molecule has 3 rings (SSSR count). The zero-order valence-electron chi connectivity index (χ0n) is 15.8. The third-order valence-electron chi connectivity index (χ3n) is 4.50. The summed E-state index contributed by atoms with van der Waals surface area (Å²) in [7, 11) is 1.53. The molecular weight excluding hydrogens is 404 g/mol. The second kappa shape index (κ2) is 8.41. The van der Waals surface area contributed by atoms with Crippen LogP contribution in [0.4, 0.5) is 17.6 Å². The van der Waals surface area contributed by atoms with Gasteiger partial charge in [-0.2, -0.15) is 13.2 Å². The van der Waals surface area contributed by atoms with E-state index in [2.05, 4.69) is 4.98 Å². The fourth-order valence-electron chi connectivity index (χ4n) is 2.98. The predicted molar refractivity (Wildman–Crippen MR) is 104 cm³/mol. The van der Waals surface area contributed by atoms with Crippen LogP contribution in [0.2, 0.25) is 0 Å². The molecular formula is C21H18F4N2OS. The second-order valence-corrected chi connectivity index (χ2v) is 7.52. The third kappa shape index (κ3) is 4.87. The van der Waals surface area contributed by atoms with Gasteiger partial charge in [0.25, 0.3) is 5.56 Å². The van der Waals surface area contributed by atoms with E-state index in [-0.39, 0.29) is 29.1 Å². The summed E-state index contributed by atoms with van der Waals surface area (Å²) in [4.78, 5) is 17.2. The van der Waals surface area contributed by atoms with E-state index in [9.17, 15) is 22.4 Å². The zero-order valence-corrected chi connectivity index (χ0v) is 16.6. The monoisotopic (exact) mass is 422 g/mol. The number of aryl methyl sites for hydroxylation is 1. The first-order valence-electron chi connectivity index (χ1n) is 8.75. The largest absolute Gasteiger partial charge is 0.416 e. The lowest BCUT2D eigenvalue weighted by Crippen LogP contribution is -2.25. The van der Waals surface area contributed by atoms with E-state index in [4.69, 9.17) is 0 Å². The molecule has 1 aromatic heterocycles. The summed E-state index contributed by atoms with van der Waals surface area (Å²) in [5.74, 6) is -0.362. The molecule has 1 heterocycles. The Morgan fingerprint density at radius 3 is 2.52 bits per heavy atom. The van der Waals surface area contributed by atoms with E-state index < -0.39 is 11.7 Å². The van der Waals surface area contributed by atoms with Crippen LogP contribution in [0, 0.1) is 12.7 Å². The number of aromatic nitrogens is 2. The van der Waals surface area contributed by atoms with Crippen LogP contribution in [0.25, 0.3) is 0 Å². The standard InChI is InChI=1S/C21H18F4N2OS/c1-13-17(11-14-6-5-8-16(22)10-14)19(28)27(2)20(26-13)29-12-15-7-3-4-9-18(15)21(23,24)25/h3-10H,11-12H2,1-2H3. The highest BCUT2D eigenvalue weighted by Gasteiger charge is 2.32. The molecule has 0 saturated carbocycles. The molecule has 0 fully saturated rings. The summed E-state index contributed by atoms with van der Waals surface area (Å²) in [5, 5.41) is 0.326. The third-order valence-corrected chi connectivity index (χ3v) is 5.58. The summed E-state index contributed by atoms with van der Waals surface area (Å²) in [6.45, 7) is 1.67. The number of rotatable bonds is 5. The number of hydrogen-bond donors (Lipinski definition) is 0. The van der Waals surface area contributed by atoms with Crippen LogP contribution in [0.3, 0.4) is 0 Å². The fourth-order valence-corrected chi connectivity index (χ4v) is 3.99. The summed E-state index contributed by atoms with van der Waals surface area (Å²) in [6, 6.07) is 11.3. The molecule has 0 N–H and O–H groups in total. The highest BCUT2D eigenvalue weighted by atomic mass is 32.2. The SMILES string of the molecule is Cc1nc(SCc2ccccc2C(F)(F)F)n(C)c(=O)c1Cc1cccc(F)c1. The Bertz CT molecular complexity index is 1090. The molecule has 0 atom stereocenters. The molecule has 0 aliphatic heterocycles. The lowest BCUT2D eigenvalue weighted by atomic mass is 10.1. The molecule has 0 aliphatic rings. The summed E-state index contributed by atoms with van der Waals surface area (Å²) >= 11 is 1.07. The van der Waals surface area contributed by atoms with E-state index in [0.29, 0.717) is 22.0 Å². The van der Waals surface area contributed by atoms with Crippen molar-refractivity contribution in [3.05, 3.63) is 92.6 Å². The average molecular weight is 422 g/mol. The van der Waals surface area contributed by atoms with Crippen LogP contribution in [0.1, 0.15) is 27.9 Å². The van der Waals surface area contributed by atoms with Crippen LogP contribution >= 0.6 is 11.8 Å². The zero-order chi connectivity index (χ0) is 21.2. The Kier molecular flexibility index (Phi) is 6.12. The van der Waals surface area contributed by atoms with Crippen molar-refractivity contribution in [2.45, 2.75) is 30.4 Å². The van der Waals surface area contributed by atoms with Gasteiger partial charge >= 0.3 is 6.18 Å². The van der Waals surface area contributed by atoms with E-state index in [1.807, 2.05) is 0 Å². The van der Waals surface area contributed by atoms with Gasteiger partial charge in [0, 0.05) is 30.5 Å². The Labute approximate surface area is 169 Å². The lowest BCUT2D eigenvalue weighted by Gasteiger charge is -2.14.